The molecule has 2 atom stereocenters. The predicted molar refractivity (Wildman–Crippen MR) is 103 cm³/mol. The fourth-order valence-electron chi connectivity index (χ4n) is 4.11. The quantitative estimate of drug-likeness (QED) is 0.843. The Morgan fingerprint density at radius 1 is 1.15 bits per heavy atom. The van der Waals surface area contributed by atoms with Crippen LogP contribution in [0, 0.1) is 13.8 Å². The van der Waals surface area contributed by atoms with Crippen molar-refractivity contribution in [2.75, 3.05) is 6.54 Å². The van der Waals surface area contributed by atoms with Gasteiger partial charge in [-0.15, -0.1) is 11.3 Å². The topological polar surface area (TPSA) is 74.3 Å². The van der Waals surface area contributed by atoms with Gasteiger partial charge < -0.3 is 15.5 Å². The van der Waals surface area contributed by atoms with Gasteiger partial charge in [-0.25, -0.2) is 9.78 Å². The molecule has 1 aromatic heterocycles. The summed E-state index contributed by atoms with van der Waals surface area (Å²) in [4.78, 5) is 32.7. The van der Waals surface area contributed by atoms with Crippen molar-refractivity contribution in [3.63, 3.8) is 0 Å². The summed E-state index contributed by atoms with van der Waals surface area (Å²) in [6.07, 6.45) is 7.34. The van der Waals surface area contributed by atoms with Crippen molar-refractivity contribution >= 4 is 23.3 Å². The molecule has 1 saturated heterocycles. The molecular formula is C19H30N4O2S. The monoisotopic (exact) mass is 378 g/mol. The number of thiazole rings is 1. The zero-order valence-corrected chi connectivity index (χ0v) is 16.8. The van der Waals surface area contributed by atoms with Crippen LogP contribution in [0.15, 0.2) is 0 Å². The maximum atomic E-state index is 12.8. The maximum absolute atomic E-state index is 12.8. The molecule has 2 heterocycles. The van der Waals surface area contributed by atoms with E-state index in [0.29, 0.717) is 6.54 Å². The number of carbonyl (C=O) groups is 2. The van der Waals surface area contributed by atoms with Crippen molar-refractivity contribution in [2.24, 2.45) is 0 Å². The van der Waals surface area contributed by atoms with Gasteiger partial charge in [0.05, 0.1) is 16.7 Å². The molecule has 1 aromatic rings. The number of likely N-dealkylation sites (tertiary alicyclic amines) is 1. The number of nitrogens with one attached hydrogen (secondary N) is 2. The molecule has 3 rings (SSSR count). The first-order valence-electron chi connectivity index (χ1n) is 9.77. The van der Waals surface area contributed by atoms with Crippen LogP contribution in [0.3, 0.4) is 0 Å². The molecule has 144 valence electrons. The molecule has 0 spiro atoms. The highest BCUT2D eigenvalue weighted by molar-refractivity contribution is 7.11. The largest absolute Gasteiger partial charge is 0.347 e. The van der Waals surface area contributed by atoms with E-state index < -0.39 is 0 Å². The Kier molecular flexibility index (Phi) is 6.16. The van der Waals surface area contributed by atoms with Crippen LogP contribution in [-0.2, 0) is 4.79 Å². The van der Waals surface area contributed by atoms with Gasteiger partial charge in [0.2, 0.25) is 5.91 Å². The molecule has 0 radical (unpaired) electrons. The Labute approximate surface area is 159 Å². The van der Waals surface area contributed by atoms with E-state index in [9.17, 15) is 9.59 Å². The van der Waals surface area contributed by atoms with Gasteiger partial charge in [0.15, 0.2) is 0 Å². The summed E-state index contributed by atoms with van der Waals surface area (Å²) in [5.74, 6) is -0.0563. The summed E-state index contributed by atoms with van der Waals surface area (Å²) in [6.45, 7) is 6.59. The average molecular weight is 379 g/mol. The molecule has 1 aliphatic carbocycles. The number of nitrogens with zero attached hydrogens (tertiary/aromatic N) is 2. The van der Waals surface area contributed by atoms with Crippen molar-refractivity contribution in [2.45, 2.75) is 83.8 Å². The lowest BCUT2D eigenvalue weighted by Gasteiger charge is -2.29. The van der Waals surface area contributed by atoms with Crippen molar-refractivity contribution in [3.8, 4) is 0 Å². The van der Waals surface area contributed by atoms with E-state index in [1.807, 2.05) is 20.8 Å². The van der Waals surface area contributed by atoms with E-state index in [1.54, 1.807) is 16.2 Å². The molecule has 2 aliphatic rings. The molecule has 2 N–H and O–H groups in total. The Balaban J connectivity index is 1.58. The van der Waals surface area contributed by atoms with Gasteiger partial charge in [0.1, 0.15) is 6.04 Å². The molecule has 0 aromatic carbocycles. The van der Waals surface area contributed by atoms with E-state index in [1.165, 1.54) is 19.3 Å². The van der Waals surface area contributed by atoms with E-state index >= 15 is 0 Å². The van der Waals surface area contributed by atoms with Crippen LogP contribution in [-0.4, -0.2) is 40.5 Å². The van der Waals surface area contributed by atoms with Crippen LogP contribution in [0.5, 0.6) is 0 Å². The highest BCUT2D eigenvalue weighted by Gasteiger charge is 2.35. The van der Waals surface area contributed by atoms with Gasteiger partial charge in [-0.1, -0.05) is 19.3 Å². The second-order valence-electron chi connectivity index (χ2n) is 7.55. The molecule has 26 heavy (non-hydrogen) atoms. The molecule has 6 nitrogen and oxygen atoms in total. The summed E-state index contributed by atoms with van der Waals surface area (Å²) < 4.78 is 0. The number of amides is 3. The normalized spacial score (nSPS) is 22.3. The van der Waals surface area contributed by atoms with E-state index in [0.717, 1.165) is 41.3 Å². The SMILES string of the molecule is Cc1nc(C)c([C@H](C)NC(=O)[C@@H]2CCCN2C(=O)NC2CCCCC2)s1. The minimum atomic E-state index is -0.365. The van der Waals surface area contributed by atoms with Gasteiger partial charge in [-0.3, -0.25) is 4.79 Å². The number of aryl methyl sites for hydroxylation is 2. The predicted octanol–water partition coefficient (Wildman–Crippen LogP) is 3.44. The third kappa shape index (κ3) is 4.37. The molecular weight excluding hydrogens is 348 g/mol. The molecule has 1 saturated carbocycles. The van der Waals surface area contributed by atoms with Crippen LogP contribution in [0.1, 0.15) is 73.5 Å². The number of rotatable bonds is 4. The average Bonchev–Trinajstić information content (AvgIpc) is 3.22. The van der Waals surface area contributed by atoms with Crippen molar-refractivity contribution in [1.29, 1.82) is 0 Å². The summed E-state index contributed by atoms with van der Waals surface area (Å²) in [5, 5.41) is 7.24. The Morgan fingerprint density at radius 3 is 2.54 bits per heavy atom. The molecule has 0 unspecified atom stereocenters. The number of aromatic nitrogens is 1. The van der Waals surface area contributed by atoms with Gasteiger partial charge in [0, 0.05) is 17.5 Å². The number of hydrogen-bond acceptors (Lipinski definition) is 4. The van der Waals surface area contributed by atoms with Crippen molar-refractivity contribution in [3.05, 3.63) is 15.6 Å². The van der Waals surface area contributed by atoms with Crippen LogP contribution in [0.2, 0.25) is 0 Å². The third-order valence-electron chi connectivity index (χ3n) is 5.44. The number of urea groups is 1. The van der Waals surface area contributed by atoms with Gasteiger partial charge in [-0.2, -0.15) is 0 Å². The first-order chi connectivity index (χ1) is 12.5. The van der Waals surface area contributed by atoms with Crippen LogP contribution in [0.25, 0.3) is 0 Å². The summed E-state index contributed by atoms with van der Waals surface area (Å²) in [5.41, 5.74) is 0.971. The second kappa shape index (κ2) is 8.37. The van der Waals surface area contributed by atoms with Gasteiger partial charge >= 0.3 is 6.03 Å². The smallest absolute Gasteiger partial charge is 0.318 e. The van der Waals surface area contributed by atoms with Gasteiger partial charge in [0.25, 0.3) is 0 Å². The van der Waals surface area contributed by atoms with E-state index in [4.69, 9.17) is 0 Å². The minimum absolute atomic E-state index is 0.0563. The number of hydrogen-bond donors (Lipinski definition) is 2. The highest BCUT2D eigenvalue weighted by Crippen LogP contribution is 2.26. The summed E-state index contributed by atoms with van der Waals surface area (Å²) >= 11 is 1.62. The lowest BCUT2D eigenvalue weighted by atomic mass is 9.96. The zero-order chi connectivity index (χ0) is 18.7. The van der Waals surface area contributed by atoms with Crippen molar-refractivity contribution < 1.29 is 9.59 Å². The lowest BCUT2D eigenvalue weighted by molar-refractivity contribution is -0.125. The fraction of sp³-hybridized carbons (Fsp3) is 0.737. The Hall–Kier alpha value is -1.63. The summed E-state index contributed by atoms with van der Waals surface area (Å²) in [7, 11) is 0. The first-order valence-corrected chi connectivity index (χ1v) is 10.6. The number of carbonyl (C=O) groups excluding carboxylic acids is 2. The molecule has 3 amide bonds. The van der Waals surface area contributed by atoms with Gasteiger partial charge in [-0.05, 0) is 46.5 Å². The first kappa shape index (κ1) is 19.1. The van der Waals surface area contributed by atoms with E-state index in [-0.39, 0.29) is 30.1 Å². The molecule has 2 fully saturated rings. The van der Waals surface area contributed by atoms with Crippen LogP contribution >= 0.6 is 11.3 Å². The van der Waals surface area contributed by atoms with Crippen molar-refractivity contribution in [1.82, 2.24) is 20.5 Å². The molecule has 0 bridgehead atoms. The van der Waals surface area contributed by atoms with Crippen LogP contribution < -0.4 is 10.6 Å². The van der Waals surface area contributed by atoms with Crippen LogP contribution in [0.4, 0.5) is 4.79 Å². The minimum Gasteiger partial charge on any atom is -0.347 e. The second-order valence-corrected chi connectivity index (χ2v) is 8.78. The highest BCUT2D eigenvalue weighted by atomic mass is 32.1. The van der Waals surface area contributed by atoms with E-state index in [2.05, 4.69) is 15.6 Å². The molecule has 1 aliphatic heterocycles. The summed E-state index contributed by atoms with van der Waals surface area (Å²) in [6, 6.07) is -0.262. The zero-order valence-electron chi connectivity index (χ0n) is 16.0. The lowest BCUT2D eigenvalue weighted by Crippen LogP contribution is -2.52. The molecule has 7 heteroatoms. The Bertz CT molecular complexity index is 654. The Morgan fingerprint density at radius 2 is 1.88 bits per heavy atom. The standard InChI is InChI=1S/C19H30N4O2S/c1-12-17(26-14(3)20-12)13(2)21-18(24)16-10-7-11-23(16)19(25)22-15-8-5-4-6-9-15/h13,15-16H,4-11H2,1-3H3,(H,21,24)(H,22,25)/t13-,16-/m0/s1. The maximum Gasteiger partial charge on any atom is 0.318 e. The fourth-order valence-corrected chi connectivity index (χ4v) is 5.04. The third-order valence-corrected chi connectivity index (χ3v) is 6.70.